The monoisotopic (exact) mass is 472 g/mol. The van der Waals surface area contributed by atoms with Crippen LogP contribution in [0.15, 0.2) is 102 Å². The third-order valence-corrected chi connectivity index (χ3v) is 6.75. The van der Waals surface area contributed by atoms with E-state index < -0.39 is 16.0 Å². The quantitative estimate of drug-likeness (QED) is 0.304. The fraction of sp³-hybridized carbons (Fsp3) is 0.111. The molecule has 6 nitrogen and oxygen atoms in total. The number of carbonyl (C=O) groups is 1. The molecule has 1 heterocycles. The second-order valence-corrected chi connectivity index (χ2v) is 9.52. The number of hydrogen-bond acceptors (Lipinski definition) is 4. The van der Waals surface area contributed by atoms with E-state index in [0.29, 0.717) is 18.5 Å². The highest BCUT2D eigenvalue weighted by atomic mass is 32.2. The molecule has 4 aromatic rings. The molecule has 0 saturated carbocycles. The second-order valence-electron chi connectivity index (χ2n) is 7.84. The largest absolute Gasteiger partial charge is 0.481 e. The Morgan fingerprint density at radius 3 is 2.47 bits per heavy atom. The maximum Gasteiger partial charge on any atom is 0.303 e. The molecule has 3 aromatic carbocycles. The van der Waals surface area contributed by atoms with Crippen molar-refractivity contribution < 1.29 is 18.3 Å². The maximum atomic E-state index is 13.1. The van der Waals surface area contributed by atoms with Crippen molar-refractivity contribution in [3.8, 4) is 0 Å². The lowest BCUT2D eigenvalue weighted by atomic mass is 9.97. The van der Waals surface area contributed by atoms with Gasteiger partial charge in [-0.3, -0.25) is 14.5 Å². The molecule has 0 fully saturated rings. The molecule has 0 radical (unpaired) electrons. The third-order valence-electron chi connectivity index (χ3n) is 5.37. The number of unbranched alkanes of at least 4 members (excludes halogenated alkanes) is 1. The molecule has 172 valence electrons. The number of nitrogens with one attached hydrogen (secondary N) is 1. The molecule has 1 aromatic heterocycles. The van der Waals surface area contributed by atoms with Crippen molar-refractivity contribution in [2.45, 2.75) is 24.2 Å². The summed E-state index contributed by atoms with van der Waals surface area (Å²) in [4.78, 5) is 15.2. The predicted molar refractivity (Wildman–Crippen MR) is 134 cm³/mol. The molecule has 34 heavy (non-hydrogen) atoms. The highest BCUT2D eigenvalue weighted by molar-refractivity contribution is 7.92. The van der Waals surface area contributed by atoms with Gasteiger partial charge >= 0.3 is 5.97 Å². The number of fused-ring (bicyclic) bond motifs is 1. The van der Waals surface area contributed by atoms with Crippen molar-refractivity contribution in [3.63, 3.8) is 0 Å². The number of pyridine rings is 1. The van der Waals surface area contributed by atoms with Crippen LogP contribution in [0.5, 0.6) is 0 Å². The standard InChI is InChI=1S/C27H24N2O4S/c30-27(31)13-4-3-12-26(23-10-6-16-28-19-23)22-9-5-11-24(17-22)29-34(32,33)25-15-14-20-7-1-2-8-21(20)18-25/h1-2,5-12,14-19,29H,3-4,13H2,(H,30,31)/b26-12-. The van der Waals surface area contributed by atoms with E-state index in [2.05, 4.69) is 9.71 Å². The van der Waals surface area contributed by atoms with Gasteiger partial charge < -0.3 is 5.11 Å². The Balaban J connectivity index is 1.63. The number of carboxylic acids is 1. The van der Waals surface area contributed by atoms with Crippen LogP contribution in [0.25, 0.3) is 16.3 Å². The van der Waals surface area contributed by atoms with Crippen LogP contribution in [0.4, 0.5) is 5.69 Å². The summed E-state index contributed by atoms with van der Waals surface area (Å²) in [6.45, 7) is 0. The van der Waals surface area contributed by atoms with Crippen LogP contribution < -0.4 is 4.72 Å². The van der Waals surface area contributed by atoms with Crippen molar-refractivity contribution in [1.82, 2.24) is 4.98 Å². The molecule has 4 rings (SSSR count). The first kappa shape index (κ1) is 23.2. The summed E-state index contributed by atoms with van der Waals surface area (Å²) in [6, 6.07) is 23.5. The van der Waals surface area contributed by atoms with Crippen LogP contribution in [0.3, 0.4) is 0 Å². The Kier molecular flexibility index (Phi) is 7.04. The summed E-state index contributed by atoms with van der Waals surface area (Å²) in [5, 5.41) is 10.7. The molecule has 0 atom stereocenters. The summed E-state index contributed by atoms with van der Waals surface area (Å²) in [5.41, 5.74) is 2.98. The lowest BCUT2D eigenvalue weighted by Crippen LogP contribution is -2.13. The minimum absolute atomic E-state index is 0.0857. The van der Waals surface area contributed by atoms with Crippen LogP contribution in [0.1, 0.15) is 30.4 Å². The third kappa shape index (κ3) is 5.68. The van der Waals surface area contributed by atoms with Gasteiger partial charge in [0.2, 0.25) is 0 Å². The molecular weight excluding hydrogens is 448 g/mol. The van der Waals surface area contributed by atoms with Crippen molar-refractivity contribution in [2.24, 2.45) is 0 Å². The average molecular weight is 473 g/mol. The van der Waals surface area contributed by atoms with Crippen molar-refractivity contribution in [3.05, 3.63) is 108 Å². The topological polar surface area (TPSA) is 96.4 Å². The van der Waals surface area contributed by atoms with E-state index in [0.717, 1.165) is 27.5 Å². The predicted octanol–water partition coefficient (Wildman–Crippen LogP) is 5.72. The van der Waals surface area contributed by atoms with Crippen LogP contribution >= 0.6 is 0 Å². The molecule has 0 bridgehead atoms. The molecular formula is C27H24N2O4S. The Morgan fingerprint density at radius 1 is 0.912 bits per heavy atom. The molecule has 0 amide bonds. The minimum Gasteiger partial charge on any atom is -0.481 e. The molecule has 2 N–H and O–H groups in total. The van der Waals surface area contributed by atoms with E-state index in [-0.39, 0.29) is 11.3 Å². The van der Waals surface area contributed by atoms with Crippen molar-refractivity contribution >= 4 is 38.0 Å². The molecule has 0 spiro atoms. The Hall–Kier alpha value is -3.97. The van der Waals surface area contributed by atoms with E-state index in [1.807, 2.05) is 48.5 Å². The smallest absolute Gasteiger partial charge is 0.303 e. The Bertz CT molecular complexity index is 1450. The van der Waals surface area contributed by atoms with Gasteiger partial charge in [-0.1, -0.05) is 54.6 Å². The van der Waals surface area contributed by atoms with Gasteiger partial charge in [-0.05, 0) is 65.1 Å². The Morgan fingerprint density at radius 2 is 1.71 bits per heavy atom. The zero-order valence-corrected chi connectivity index (χ0v) is 19.2. The summed E-state index contributed by atoms with van der Waals surface area (Å²) in [6.07, 6.45) is 6.55. The van der Waals surface area contributed by atoms with Gasteiger partial charge in [-0.2, -0.15) is 0 Å². The summed E-state index contributed by atoms with van der Waals surface area (Å²) in [7, 11) is -3.79. The molecule has 0 unspecified atom stereocenters. The fourth-order valence-electron chi connectivity index (χ4n) is 3.72. The van der Waals surface area contributed by atoms with Crippen LogP contribution in [0, 0.1) is 0 Å². The van der Waals surface area contributed by atoms with E-state index >= 15 is 0 Å². The minimum atomic E-state index is -3.79. The molecule has 0 aliphatic rings. The van der Waals surface area contributed by atoms with Gasteiger partial charge in [0.15, 0.2) is 0 Å². The highest BCUT2D eigenvalue weighted by Gasteiger charge is 2.16. The van der Waals surface area contributed by atoms with E-state index in [4.69, 9.17) is 5.11 Å². The molecule has 0 saturated heterocycles. The first-order valence-electron chi connectivity index (χ1n) is 10.9. The van der Waals surface area contributed by atoms with Crippen LogP contribution in [-0.4, -0.2) is 24.5 Å². The molecule has 7 heteroatoms. The number of benzene rings is 3. The number of rotatable bonds is 9. The average Bonchev–Trinajstić information content (AvgIpc) is 2.84. The second kappa shape index (κ2) is 10.3. The zero-order valence-electron chi connectivity index (χ0n) is 18.4. The SMILES string of the molecule is O=C(O)CCC/C=C(\c1cccnc1)c1cccc(NS(=O)(=O)c2ccc3ccccc3c2)c1. The lowest BCUT2D eigenvalue weighted by Gasteiger charge is -2.13. The zero-order chi connectivity index (χ0) is 24.0. The number of anilines is 1. The van der Waals surface area contributed by atoms with Crippen molar-refractivity contribution in [2.75, 3.05) is 4.72 Å². The van der Waals surface area contributed by atoms with E-state index in [9.17, 15) is 13.2 Å². The van der Waals surface area contributed by atoms with Crippen LogP contribution in [0.2, 0.25) is 0 Å². The normalized spacial score (nSPS) is 11.9. The number of aliphatic carboxylic acids is 1. The number of carboxylic acid groups (broad SMARTS) is 1. The Labute approximate surface area is 198 Å². The fourth-order valence-corrected chi connectivity index (χ4v) is 4.81. The first-order valence-corrected chi connectivity index (χ1v) is 12.4. The number of nitrogens with zero attached hydrogens (tertiary/aromatic N) is 1. The summed E-state index contributed by atoms with van der Waals surface area (Å²) in [5.74, 6) is -0.832. The lowest BCUT2D eigenvalue weighted by molar-refractivity contribution is -0.137. The molecule has 0 aliphatic carbocycles. The summed E-state index contributed by atoms with van der Waals surface area (Å²) >= 11 is 0. The van der Waals surface area contributed by atoms with E-state index in [1.54, 1.807) is 48.8 Å². The van der Waals surface area contributed by atoms with Crippen molar-refractivity contribution in [1.29, 1.82) is 0 Å². The first-order chi connectivity index (χ1) is 16.4. The maximum absolute atomic E-state index is 13.1. The van der Waals surface area contributed by atoms with Gasteiger partial charge in [-0.25, -0.2) is 8.42 Å². The van der Waals surface area contributed by atoms with Crippen LogP contribution in [-0.2, 0) is 14.8 Å². The van der Waals surface area contributed by atoms with Gasteiger partial charge in [0.05, 0.1) is 4.90 Å². The number of hydrogen-bond donors (Lipinski definition) is 2. The number of allylic oxidation sites excluding steroid dienone is 1. The van der Waals surface area contributed by atoms with Gasteiger partial charge in [0.25, 0.3) is 10.0 Å². The van der Waals surface area contributed by atoms with Gasteiger partial charge in [0, 0.05) is 30.1 Å². The summed E-state index contributed by atoms with van der Waals surface area (Å²) < 4.78 is 28.8. The van der Waals surface area contributed by atoms with Gasteiger partial charge in [-0.15, -0.1) is 0 Å². The number of aromatic nitrogens is 1. The highest BCUT2D eigenvalue weighted by Crippen LogP contribution is 2.28. The van der Waals surface area contributed by atoms with E-state index in [1.165, 1.54) is 0 Å². The van der Waals surface area contributed by atoms with Gasteiger partial charge in [0.1, 0.15) is 0 Å². The number of sulfonamides is 1. The molecule has 0 aliphatic heterocycles.